The molecule has 0 heterocycles. The van der Waals surface area contributed by atoms with E-state index in [1.807, 2.05) is 0 Å². The number of hydrogen-bond acceptors (Lipinski definition) is 2. The van der Waals surface area contributed by atoms with Crippen LogP contribution in [0.3, 0.4) is 0 Å². The molecule has 2 aromatic rings. The number of amides is 1. The second-order valence-corrected chi connectivity index (χ2v) is 4.39. The molecule has 0 bridgehead atoms. The van der Waals surface area contributed by atoms with Crippen LogP contribution in [0.5, 0.6) is 5.75 Å². The molecule has 0 saturated heterocycles. The van der Waals surface area contributed by atoms with E-state index >= 15 is 0 Å². The fourth-order valence-corrected chi connectivity index (χ4v) is 1.81. The maximum Gasteiger partial charge on any atom is 0.255 e. The molecule has 0 aliphatic carbocycles. The second kappa shape index (κ2) is 5.69. The Kier molecular flexibility index (Phi) is 3.98. The summed E-state index contributed by atoms with van der Waals surface area (Å²) < 4.78 is 26.0. The normalized spacial score (nSPS) is 11.9. The maximum atomic E-state index is 13.1. The lowest BCUT2D eigenvalue weighted by atomic mass is 10.1. The predicted molar refractivity (Wildman–Crippen MR) is 70.3 cm³/mol. The standard InChI is InChI=1S/C15H13F2NO2/c1-9(10-6-7-12(16)13(17)8-10)18-15(20)11-4-2-3-5-14(11)19/h2-9,19H,1H3,(H,18,20). The summed E-state index contributed by atoms with van der Waals surface area (Å²) in [5, 5.41) is 12.2. The topological polar surface area (TPSA) is 49.3 Å². The summed E-state index contributed by atoms with van der Waals surface area (Å²) in [6, 6.07) is 9.02. The zero-order valence-electron chi connectivity index (χ0n) is 10.7. The first-order valence-electron chi connectivity index (χ1n) is 6.03. The van der Waals surface area contributed by atoms with E-state index in [0.717, 1.165) is 12.1 Å². The third-order valence-electron chi connectivity index (χ3n) is 2.94. The number of para-hydroxylation sites is 1. The highest BCUT2D eigenvalue weighted by atomic mass is 19.2. The van der Waals surface area contributed by atoms with E-state index in [-0.39, 0.29) is 11.3 Å². The van der Waals surface area contributed by atoms with Crippen molar-refractivity contribution in [3.8, 4) is 5.75 Å². The van der Waals surface area contributed by atoms with Gasteiger partial charge in [-0.3, -0.25) is 4.79 Å². The van der Waals surface area contributed by atoms with E-state index in [9.17, 15) is 18.7 Å². The number of benzene rings is 2. The van der Waals surface area contributed by atoms with Gasteiger partial charge in [-0.25, -0.2) is 8.78 Å². The molecule has 0 aromatic heterocycles. The van der Waals surface area contributed by atoms with Crippen LogP contribution >= 0.6 is 0 Å². The van der Waals surface area contributed by atoms with Gasteiger partial charge in [-0.2, -0.15) is 0 Å². The van der Waals surface area contributed by atoms with Crippen LogP contribution < -0.4 is 5.32 Å². The molecule has 0 fully saturated rings. The maximum absolute atomic E-state index is 13.1. The molecule has 1 atom stereocenters. The summed E-state index contributed by atoms with van der Waals surface area (Å²) in [6.07, 6.45) is 0. The van der Waals surface area contributed by atoms with Gasteiger partial charge in [-0.05, 0) is 36.8 Å². The average molecular weight is 277 g/mol. The first kappa shape index (κ1) is 14.0. The lowest BCUT2D eigenvalue weighted by Gasteiger charge is -2.15. The lowest BCUT2D eigenvalue weighted by molar-refractivity contribution is 0.0937. The minimum atomic E-state index is -0.967. The first-order chi connectivity index (χ1) is 9.49. The van der Waals surface area contributed by atoms with Crippen LogP contribution in [0.4, 0.5) is 8.78 Å². The van der Waals surface area contributed by atoms with Crippen LogP contribution in [0, 0.1) is 11.6 Å². The third-order valence-corrected chi connectivity index (χ3v) is 2.94. The highest BCUT2D eigenvalue weighted by molar-refractivity contribution is 5.96. The number of aromatic hydroxyl groups is 1. The summed E-state index contributed by atoms with van der Waals surface area (Å²) in [6.45, 7) is 1.64. The summed E-state index contributed by atoms with van der Waals surface area (Å²) in [5.41, 5.74) is 0.564. The van der Waals surface area contributed by atoms with Gasteiger partial charge in [0.05, 0.1) is 11.6 Å². The van der Waals surface area contributed by atoms with Crippen LogP contribution in [-0.4, -0.2) is 11.0 Å². The molecular formula is C15H13F2NO2. The van der Waals surface area contributed by atoms with Crippen molar-refractivity contribution in [2.45, 2.75) is 13.0 Å². The van der Waals surface area contributed by atoms with E-state index in [4.69, 9.17) is 0 Å². The number of phenols is 1. The van der Waals surface area contributed by atoms with Crippen LogP contribution in [0.1, 0.15) is 28.9 Å². The Hall–Kier alpha value is -2.43. The van der Waals surface area contributed by atoms with E-state index < -0.39 is 23.6 Å². The SMILES string of the molecule is CC(NC(=O)c1ccccc1O)c1ccc(F)c(F)c1. The highest BCUT2D eigenvalue weighted by Gasteiger charge is 2.15. The average Bonchev–Trinajstić information content (AvgIpc) is 2.42. The van der Waals surface area contributed by atoms with Gasteiger partial charge in [0.15, 0.2) is 11.6 Å². The van der Waals surface area contributed by atoms with Gasteiger partial charge < -0.3 is 10.4 Å². The second-order valence-electron chi connectivity index (χ2n) is 4.39. The fraction of sp³-hybridized carbons (Fsp3) is 0.133. The van der Waals surface area contributed by atoms with E-state index in [2.05, 4.69) is 5.32 Å². The molecule has 0 saturated carbocycles. The minimum Gasteiger partial charge on any atom is -0.507 e. The number of nitrogens with one attached hydrogen (secondary N) is 1. The first-order valence-corrected chi connectivity index (χ1v) is 6.03. The number of rotatable bonds is 3. The number of halogens is 2. The summed E-state index contributed by atoms with van der Waals surface area (Å²) in [7, 11) is 0. The number of hydrogen-bond donors (Lipinski definition) is 2. The molecule has 0 aliphatic heterocycles. The van der Waals surface area contributed by atoms with Gasteiger partial charge in [-0.1, -0.05) is 18.2 Å². The van der Waals surface area contributed by atoms with Crippen molar-refractivity contribution in [2.75, 3.05) is 0 Å². The van der Waals surface area contributed by atoms with E-state index in [0.29, 0.717) is 5.56 Å². The van der Waals surface area contributed by atoms with Crippen LogP contribution in [0.15, 0.2) is 42.5 Å². The zero-order valence-corrected chi connectivity index (χ0v) is 10.7. The number of carbonyl (C=O) groups excluding carboxylic acids is 1. The summed E-state index contributed by atoms with van der Waals surface area (Å²) in [5.74, 6) is -2.53. The molecule has 5 heteroatoms. The molecule has 3 nitrogen and oxygen atoms in total. The molecule has 2 N–H and O–H groups in total. The monoisotopic (exact) mass is 277 g/mol. The molecule has 20 heavy (non-hydrogen) atoms. The van der Waals surface area contributed by atoms with Gasteiger partial charge in [0.2, 0.25) is 0 Å². The lowest BCUT2D eigenvalue weighted by Crippen LogP contribution is -2.26. The van der Waals surface area contributed by atoms with Gasteiger partial charge in [-0.15, -0.1) is 0 Å². The molecule has 2 aromatic carbocycles. The Morgan fingerprint density at radius 3 is 2.50 bits per heavy atom. The quantitative estimate of drug-likeness (QED) is 0.905. The van der Waals surface area contributed by atoms with E-state index in [1.165, 1.54) is 18.2 Å². The molecule has 0 aliphatic rings. The molecule has 1 amide bonds. The van der Waals surface area contributed by atoms with Crippen molar-refractivity contribution >= 4 is 5.91 Å². The molecule has 2 rings (SSSR count). The van der Waals surface area contributed by atoms with E-state index in [1.54, 1.807) is 19.1 Å². The number of phenolic OH excluding ortho intramolecular Hbond substituents is 1. The van der Waals surface area contributed by atoms with Gasteiger partial charge in [0.1, 0.15) is 5.75 Å². The molecule has 0 radical (unpaired) electrons. The Balaban J connectivity index is 2.15. The Bertz CT molecular complexity index is 644. The Morgan fingerprint density at radius 2 is 1.85 bits per heavy atom. The van der Waals surface area contributed by atoms with Crippen LogP contribution in [0.25, 0.3) is 0 Å². The van der Waals surface area contributed by atoms with Gasteiger partial charge in [0.25, 0.3) is 5.91 Å². The fourth-order valence-electron chi connectivity index (χ4n) is 1.81. The van der Waals surface area contributed by atoms with Crippen molar-refractivity contribution in [3.63, 3.8) is 0 Å². The van der Waals surface area contributed by atoms with Gasteiger partial charge in [0, 0.05) is 0 Å². The molecular weight excluding hydrogens is 264 g/mol. The van der Waals surface area contributed by atoms with Crippen molar-refractivity contribution in [1.29, 1.82) is 0 Å². The summed E-state index contributed by atoms with van der Waals surface area (Å²) in [4.78, 5) is 12.0. The molecule has 1 unspecified atom stereocenters. The number of carbonyl (C=O) groups is 1. The van der Waals surface area contributed by atoms with Crippen molar-refractivity contribution in [1.82, 2.24) is 5.32 Å². The van der Waals surface area contributed by atoms with Gasteiger partial charge >= 0.3 is 0 Å². The predicted octanol–water partition coefficient (Wildman–Crippen LogP) is 3.16. The van der Waals surface area contributed by atoms with Crippen molar-refractivity contribution in [3.05, 3.63) is 65.2 Å². The zero-order chi connectivity index (χ0) is 14.7. The summed E-state index contributed by atoms with van der Waals surface area (Å²) >= 11 is 0. The largest absolute Gasteiger partial charge is 0.507 e. The molecule has 104 valence electrons. The smallest absolute Gasteiger partial charge is 0.255 e. The third kappa shape index (κ3) is 2.93. The van der Waals surface area contributed by atoms with Crippen molar-refractivity contribution in [2.24, 2.45) is 0 Å². The molecule has 0 spiro atoms. The Labute approximate surface area is 114 Å². The highest BCUT2D eigenvalue weighted by Crippen LogP contribution is 2.19. The van der Waals surface area contributed by atoms with Crippen LogP contribution in [-0.2, 0) is 0 Å². The van der Waals surface area contributed by atoms with Crippen LogP contribution in [0.2, 0.25) is 0 Å². The minimum absolute atomic E-state index is 0.127. The van der Waals surface area contributed by atoms with Crippen molar-refractivity contribution < 1.29 is 18.7 Å². The Morgan fingerprint density at radius 1 is 1.15 bits per heavy atom.